The van der Waals surface area contributed by atoms with E-state index in [9.17, 15) is 9.59 Å². The molecule has 0 aromatic heterocycles. The van der Waals surface area contributed by atoms with Crippen LogP contribution in [0.3, 0.4) is 0 Å². The third-order valence-electron chi connectivity index (χ3n) is 4.21. The van der Waals surface area contributed by atoms with Gasteiger partial charge in [-0.15, -0.1) is 0 Å². The maximum atomic E-state index is 12.7. The van der Waals surface area contributed by atoms with Gasteiger partial charge in [-0.1, -0.05) is 19.9 Å². The second-order valence-corrected chi connectivity index (χ2v) is 6.50. The molecule has 0 bridgehead atoms. The fourth-order valence-corrected chi connectivity index (χ4v) is 2.86. The first kappa shape index (κ1) is 21.3. The van der Waals surface area contributed by atoms with Gasteiger partial charge in [0.15, 0.2) is 0 Å². The summed E-state index contributed by atoms with van der Waals surface area (Å²) in [6.45, 7) is 5.73. The minimum Gasteiger partial charge on any atom is -0.497 e. The molecule has 0 fully saturated rings. The van der Waals surface area contributed by atoms with Crippen LogP contribution in [0.5, 0.6) is 5.75 Å². The molecule has 0 saturated heterocycles. The predicted molar refractivity (Wildman–Crippen MR) is 113 cm³/mol. The summed E-state index contributed by atoms with van der Waals surface area (Å²) in [7, 11) is 1.60. The average Bonchev–Trinajstić information content (AvgIpc) is 2.72. The molecule has 0 unspecified atom stereocenters. The van der Waals surface area contributed by atoms with Crippen molar-refractivity contribution in [2.24, 2.45) is 0 Å². The third kappa shape index (κ3) is 6.30. The van der Waals surface area contributed by atoms with Crippen LogP contribution in [0.2, 0.25) is 0 Å². The number of nitrogens with zero attached hydrogens (tertiary/aromatic N) is 1. The Morgan fingerprint density at radius 3 is 2.25 bits per heavy atom. The van der Waals surface area contributed by atoms with E-state index in [2.05, 4.69) is 24.5 Å². The van der Waals surface area contributed by atoms with Crippen LogP contribution in [0.4, 0.5) is 11.4 Å². The number of methoxy groups -OCH3 is 1. The van der Waals surface area contributed by atoms with Crippen LogP contribution in [0.25, 0.3) is 0 Å². The Hall–Kier alpha value is -3.02. The average molecular weight is 383 g/mol. The highest BCUT2D eigenvalue weighted by Gasteiger charge is 2.14. The highest BCUT2D eigenvalue weighted by Crippen LogP contribution is 2.16. The molecule has 28 heavy (non-hydrogen) atoms. The van der Waals surface area contributed by atoms with Gasteiger partial charge in [-0.05, 0) is 55.3 Å². The number of rotatable bonds is 10. The zero-order valence-electron chi connectivity index (χ0n) is 16.8. The Morgan fingerprint density at radius 2 is 1.64 bits per heavy atom. The van der Waals surface area contributed by atoms with E-state index < -0.39 is 0 Å². The topological polar surface area (TPSA) is 70.7 Å². The van der Waals surface area contributed by atoms with Crippen molar-refractivity contribution < 1.29 is 14.3 Å². The quantitative estimate of drug-likeness (QED) is 0.650. The number of hydrogen-bond donors (Lipinski definition) is 2. The van der Waals surface area contributed by atoms with E-state index in [0.717, 1.165) is 37.4 Å². The summed E-state index contributed by atoms with van der Waals surface area (Å²) in [6, 6.07) is 14.4. The number of carbonyl (C=O) groups is 2. The molecule has 0 atom stereocenters. The number of hydrogen-bond acceptors (Lipinski definition) is 4. The van der Waals surface area contributed by atoms with Gasteiger partial charge in [-0.2, -0.15) is 0 Å². The van der Waals surface area contributed by atoms with Crippen LogP contribution in [0.15, 0.2) is 48.5 Å². The van der Waals surface area contributed by atoms with Crippen LogP contribution < -0.4 is 15.4 Å². The largest absolute Gasteiger partial charge is 0.497 e. The first-order valence-electron chi connectivity index (χ1n) is 9.64. The Kier molecular flexibility index (Phi) is 8.34. The van der Waals surface area contributed by atoms with Gasteiger partial charge in [0.2, 0.25) is 5.91 Å². The normalized spacial score (nSPS) is 10.2. The summed E-state index contributed by atoms with van der Waals surface area (Å²) in [4.78, 5) is 26.7. The van der Waals surface area contributed by atoms with Crippen LogP contribution in [0.1, 0.15) is 37.0 Å². The maximum Gasteiger partial charge on any atom is 0.253 e. The molecule has 0 aliphatic heterocycles. The summed E-state index contributed by atoms with van der Waals surface area (Å²) >= 11 is 0. The molecule has 6 nitrogen and oxygen atoms in total. The Labute approximate surface area is 166 Å². The van der Waals surface area contributed by atoms with Gasteiger partial charge < -0.3 is 20.3 Å². The molecule has 0 aliphatic carbocycles. The molecule has 2 N–H and O–H groups in total. The summed E-state index contributed by atoms with van der Waals surface area (Å²) in [5.41, 5.74) is 2.07. The van der Waals surface area contributed by atoms with Crippen molar-refractivity contribution in [3.8, 4) is 5.75 Å². The van der Waals surface area contributed by atoms with Gasteiger partial charge in [0.05, 0.1) is 13.7 Å². The van der Waals surface area contributed by atoms with Gasteiger partial charge in [0, 0.05) is 30.0 Å². The number of amides is 2. The van der Waals surface area contributed by atoms with Crippen molar-refractivity contribution in [2.45, 2.75) is 26.7 Å². The molecule has 2 amide bonds. The molecular weight excluding hydrogens is 354 g/mol. The van der Waals surface area contributed by atoms with Crippen LogP contribution >= 0.6 is 0 Å². The summed E-state index contributed by atoms with van der Waals surface area (Å²) < 4.78 is 5.10. The van der Waals surface area contributed by atoms with Crippen molar-refractivity contribution in [2.75, 3.05) is 37.4 Å². The lowest BCUT2D eigenvalue weighted by Crippen LogP contribution is -2.32. The lowest BCUT2D eigenvalue weighted by atomic mass is 10.1. The lowest BCUT2D eigenvalue weighted by Gasteiger charge is -2.21. The molecule has 0 saturated carbocycles. The summed E-state index contributed by atoms with van der Waals surface area (Å²) in [5, 5.41) is 5.90. The van der Waals surface area contributed by atoms with Gasteiger partial charge in [0.25, 0.3) is 5.91 Å². The zero-order valence-corrected chi connectivity index (χ0v) is 16.8. The number of anilines is 2. The van der Waals surface area contributed by atoms with Crippen molar-refractivity contribution in [3.05, 3.63) is 54.1 Å². The first-order valence-corrected chi connectivity index (χ1v) is 9.64. The first-order chi connectivity index (χ1) is 13.6. The van der Waals surface area contributed by atoms with E-state index in [0.29, 0.717) is 11.3 Å². The Balaban J connectivity index is 1.94. The zero-order chi connectivity index (χ0) is 20.4. The lowest BCUT2D eigenvalue weighted by molar-refractivity contribution is -0.114. The molecule has 6 heteroatoms. The Bertz CT molecular complexity index is 769. The molecule has 150 valence electrons. The molecule has 0 aliphatic rings. The molecular formula is C22H29N3O3. The van der Waals surface area contributed by atoms with E-state index in [1.54, 1.807) is 37.4 Å². The van der Waals surface area contributed by atoms with Crippen molar-refractivity contribution >= 4 is 23.2 Å². The fourth-order valence-electron chi connectivity index (χ4n) is 2.86. The molecule has 0 radical (unpaired) electrons. The van der Waals surface area contributed by atoms with E-state index in [-0.39, 0.29) is 18.4 Å². The van der Waals surface area contributed by atoms with Crippen LogP contribution in [0, 0.1) is 0 Å². The summed E-state index contributed by atoms with van der Waals surface area (Å²) in [5.74, 6) is 0.591. The molecule has 2 rings (SSSR count). The standard InChI is InChI=1S/C22H29N3O3/c1-4-13-25(14-5-2)22(27)17-7-6-8-19(15-17)23-16-21(26)24-18-9-11-20(28-3)12-10-18/h6-12,15,23H,4-5,13-14,16H2,1-3H3,(H,24,26). The maximum absolute atomic E-state index is 12.7. The fraction of sp³-hybridized carbons (Fsp3) is 0.364. The number of carbonyl (C=O) groups excluding carboxylic acids is 2. The summed E-state index contributed by atoms with van der Waals surface area (Å²) in [6.07, 6.45) is 1.85. The highest BCUT2D eigenvalue weighted by molar-refractivity contribution is 5.96. The number of nitrogens with one attached hydrogen (secondary N) is 2. The monoisotopic (exact) mass is 383 g/mol. The predicted octanol–water partition coefficient (Wildman–Crippen LogP) is 4.01. The van der Waals surface area contributed by atoms with E-state index in [1.165, 1.54) is 0 Å². The van der Waals surface area contributed by atoms with E-state index in [4.69, 9.17) is 4.74 Å². The van der Waals surface area contributed by atoms with Crippen molar-refractivity contribution in [3.63, 3.8) is 0 Å². The number of ether oxygens (including phenoxy) is 1. The molecule has 0 spiro atoms. The second kappa shape index (κ2) is 11.0. The van der Waals surface area contributed by atoms with E-state index >= 15 is 0 Å². The van der Waals surface area contributed by atoms with Crippen molar-refractivity contribution in [1.29, 1.82) is 0 Å². The molecule has 2 aromatic rings. The minimum atomic E-state index is -0.166. The second-order valence-electron chi connectivity index (χ2n) is 6.50. The van der Waals surface area contributed by atoms with Gasteiger partial charge >= 0.3 is 0 Å². The SMILES string of the molecule is CCCN(CCC)C(=O)c1cccc(NCC(=O)Nc2ccc(OC)cc2)c1. The number of benzene rings is 2. The third-order valence-corrected chi connectivity index (χ3v) is 4.21. The molecule has 0 heterocycles. The van der Waals surface area contributed by atoms with Gasteiger partial charge in [0.1, 0.15) is 5.75 Å². The smallest absolute Gasteiger partial charge is 0.253 e. The molecule has 2 aromatic carbocycles. The van der Waals surface area contributed by atoms with Gasteiger partial charge in [-0.3, -0.25) is 9.59 Å². The van der Waals surface area contributed by atoms with Crippen LogP contribution in [-0.4, -0.2) is 43.5 Å². The Morgan fingerprint density at radius 1 is 0.964 bits per heavy atom. The van der Waals surface area contributed by atoms with E-state index in [1.807, 2.05) is 23.1 Å². The van der Waals surface area contributed by atoms with Gasteiger partial charge in [-0.25, -0.2) is 0 Å². The highest BCUT2D eigenvalue weighted by atomic mass is 16.5. The van der Waals surface area contributed by atoms with Crippen LogP contribution in [-0.2, 0) is 4.79 Å². The van der Waals surface area contributed by atoms with Crippen molar-refractivity contribution in [1.82, 2.24) is 4.90 Å². The minimum absolute atomic E-state index is 0.0232.